The highest BCUT2D eigenvalue weighted by Crippen LogP contribution is 2.30. The maximum atomic E-state index is 12.5. The molecular formula is C9H7BrF3N3O2S. The number of nitrogens with zero attached hydrogens (tertiary/aromatic N) is 3. The summed E-state index contributed by atoms with van der Waals surface area (Å²) in [6.45, 7) is 1.83. The molecule has 2 rings (SSSR count). The van der Waals surface area contributed by atoms with Gasteiger partial charge >= 0.3 is 12.1 Å². The first kappa shape index (κ1) is 14.3. The fraction of sp³-hybridized carbons (Fsp3) is 0.444. The third kappa shape index (κ3) is 2.59. The molecule has 2 aromatic heterocycles. The summed E-state index contributed by atoms with van der Waals surface area (Å²) in [5, 5.41) is 3.54. The molecule has 0 bridgehead atoms. The van der Waals surface area contributed by atoms with Crippen LogP contribution in [0.25, 0.3) is 4.96 Å². The Bertz CT molecular complexity index is 622. The van der Waals surface area contributed by atoms with E-state index in [2.05, 4.69) is 26.0 Å². The van der Waals surface area contributed by atoms with E-state index >= 15 is 0 Å². The molecule has 0 amide bonds. The summed E-state index contributed by atoms with van der Waals surface area (Å²) >= 11 is 3.94. The van der Waals surface area contributed by atoms with Crippen LogP contribution in [-0.2, 0) is 16.2 Å². The smallest absolute Gasteiger partial charge is 0.453 e. The van der Waals surface area contributed by atoms with Crippen molar-refractivity contribution in [2.45, 2.75) is 18.4 Å². The molecule has 0 aliphatic carbocycles. The molecular weight excluding hydrogens is 351 g/mol. The van der Waals surface area contributed by atoms with Crippen LogP contribution in [0.3, 0.4) is 0 Å². The molecule has 0 radical (unpaired) electrons. The van der Waals surface area contributed by atoms with Gasteiger partial charge in [-0.05, 0) is 6.92 Å². The zero-order valence-electron chi connectivity index (χ0n) is 9.49. The first-order valence-corrected chi connectivity index (χ1v) is 7.01. The number of rotatable bonds is 3. The lowest BCUT2D eigenvalue weighted by Crippen LogP contribution is -2.10. The van der Waals surface area contributed by atoms with E-state index < -0.39 is 18.0 Å². The number of hydrogen-bond donors (Lipinski definition) is 0. The van der Waals surface area contributed by atoms with Crippen LogP contribution in [0.5, 0.6) is 0 Å². The van der Waals surface area contributed by atoms with Crippen LogP contribution < -0.4 is 0 Å². The second kappa shape index (κ2) is 5.08. The molecule has 19 heavy (non-hydrogen) atoms. The number of hydrogen-bond acceptors (Lipinski definition) is 5. The van der Waals surface area contributed by atoms with Crippen LogP contribution >= 0.6 is 27.3 Å². The van der Waals surface area contributed by atoms with Gasteiger partial charge in [0, 0.05) is 5.33 Å². The van der Waals surface area contributed by atoms with Gasteiger partial charge in [-0.3, -0.25) is 0 Å². The Morgan fingerprint density at radius 3 is 2.74 bits per heavy atom. The third-order valence-electron chi connectivity index (χ3n) is 2.13. The average molecular weight is 358 g/mol. The van der Waals surface area contributed by atoms with Crippen LogP contribution in [0.1, 0.15) is 28.1 Å². The lowest BCUT2D eigenvalue weighted by atomic mass is 10.4. The van der Waals surface area contributed by atoms with Crippen molar-refractivity contribution < 1.29 is 22.7 Å². The summed E-state index contributed by atoms with van der Waals surface area (Å²) < 4.78 is 43.3. The molecule has 0 atom stereocenters. The van der Waals surface area contributed by atoms with Gasteiger partial charge < -0.3 is 4.74 Å². The molecule has 2 aromatic rings. The van der Waals surface area contributed by atoms with Crippen molar-refractivity contribution in [3.05, 3.63) is 16.4 Å². The Labute approximate surface area is 117 Å². The molecule has 0 spiro atoms. The number of thiazole rings is 1. The molecule has 0 fully saturated rings. The predicted octanol–water partition coefficient (Wildman–Crippen LogP) is 2.88. The number of halogens is 4. The Morgan fingerprint density at radius 1 is 1.53 bits per heavy atom. The largest absolute Gasteiger partial charge is 0.462 e. The van der Waals surface area contributed by atoms with Gasteiger partial charge in [0.25, 0.3) is 5.82 Å². The van der Waals surface area contributed by atoms with Crippen molar-refractivity contribution in [1.29, 1.82) is 0 Å². The topological polar surface area (TPSA) is 56.5 Å². The molecule has 0 unspecified atom stereocenters. The van der Waals surface area contributed by atoms with Crippen LogP contribution in [0.4, 0.5) is 13.2 Å². The van der Waals surface area contributed by atoms with Crippen molar-refractivity contribution in [3.63, 3.8) is 0 Å². The number of alkyl halides is 4. The highest BCUT2D eigenvalue weighted by molar-refractivity contribution is 9.08. The lowest BCUT2D eigenvalue weighted by molar-refractivity contribution is -0.144. The van der Waals surface area contributed by atoms with Crippen LogP contribution in [-0.4, -0.2) is 27.2 Å². The van der Waals surface area contributed by atoms with Crippen molar-refractivity contribution in [2.24, 2.45) is 0 Å². The van der Waals surface area contributed by atoms with Crippen molar-refractivity contribution in [3.8, 4) is 0 Å². The van der Waals surface area contributed by atoms with Crippen LogP contribution in [0.15, 0.2) is 0 Å². The molecule has 5 nitrogen and oxygen atoms in total. The fourth-order valence-electron chi connectivity index (χ4n) is 1.38. The molecule has 10 heteroatoms. The standard InChI is InChI=1S/C9H7BrF3N3O2S/c1-2-18-6(17)5-4(3-10)16-8(19-5)14-7(15-16)9(11,12)13/h2-3H2,1H3. The number of esters is 1. The van der Waals surface area contributed by atoms with Crippen molar-refractivity contribution in [2.75, 3.05) is 6.61 Å². The third-order valence-corrected chi connectivity index (χ3v) is 3.71. The molecule has 0 aliphatic heterocycles. The Hall–Kier alpha value is -1.16. The number of ether oxygens (including phenoxy) is 1. The number of carbonyl (C=O) groups is 1. The predicted molar refractivity (Wildman–Crippen MR) is 64.5 cm³/mol. The monoisotopic (exact) mass is 357 g/mol. The number of carbonyl (C=O) groups excluding carboxylic acids is 1. The van der Waals surface area contributed by atoms with E-state index in [0.717, 1.165) is 15.9 Å². The molecule has 104 valence electrons. The van der Waals surface area contributed by atoms with Gasteiger partial charge in [0.15, 0.2) is 0 Å². The Balaban J connectivity index is 2.53. The number of aromatic nitrogens is 3. The van der Waals surface area contributed by atoms with E-state index in [1.807, 2.05) is 0 Å². The maximum Gasteiger partial charge on any atom is 0.453 e. The fourth-order valence-corrected chi connectivity index (χ4v) is 3.05. The van der Waals surface area contributed by atoms with Gasteiger partial charge in [-0.25, -0.2) is 9.31 Å². The summed E-state index contributed by atoms with van der Waals surface area (Å²) in [6, 6.07) is 0. The van der Waals surface area contributed by atoms with E-state index in [4.69, 9.17) is 4.74 Å². The highest BCUT2D eigenvalue weighted by Gasteiger charge is 2.37. The minimum absolute atomic E-state index is 0.00447. The quantitative estimate of drug-likeness (QED) is 0.626. The van der Waals surface area contributed by atoms with Gasteiger partial charge in [-0.15, -0.1) is 5.10 Å². The zero-order valence-corrected chi connectivity index (χ0v) is 11.9. The van der Waals surface area contributed by atoms with Crippen molar-refractivity contribution in [1.82, 2.24) is 14.6 Å². The van der Waals surface area contributed by atoms with E-state index in [-0.39, 0.29) is 21.8 Å². The van der Waals surface area contributed by atoms with Gasteiger partial charge in [0.1, 0.15) is 4.88 Å². The average Bonchev–Trinajstić information content (AvgIpc) is 2.84. The van der Waals surface area contributed by atoms with Gasteiger partial charge in [-0.1, -0.05) is 27.3 Å². The second-order valence-electron chi connectivity index (χ2n) is 3.36. The molecule has 0 saturated heterocycles. The molecule has 0 saturated carbocycles. The van der Waals surface area contributed by atoms with E-state index in [1.165, 1.54) is 0 Å². The lowest BCUT2D eigenvalue weighted by Gasteiger charge is -2.01. The summed E-state index contributed by atoms with van der Waals surface area (Å²) in [5.41, 5.74) is 0.293. The van der Waals surface area contributed by atoms with Crippen LogP contribution in [0, 0.1) is 0 Å². The normalized spacial score (nSPS) is 12.1. The van der Waals surface area contributed by atoms with Gasteiger partial charge in [0.05, 0.1) is 12.3 Å². The van der Waals surface area contributed by atoms with Gasteiger partial charge in [-0.2, -0.15) is 18.2 Å². The SMILES string of the molecule is CCOC(=O)c1sc2nc(C(F)(F)F)nn2c1CBr. The summed E-state index contributed by atoms with van der Waals surface area (Å²) in [5.74, 6) is -1.82. The van der Waals surface area contributed by atoms with E-state index in [9.17, 15) is 18.0 Å². The highest BCUT2D eigenvalue weighted by atomic mass is 79.9. The summed E-state index contributed by atoms with van der Waals surface area (Å²) in [7, 11) is 0. The second-order valence-corrected chi connectivity index (χ2v) is 4.90. The summed E-state index contributed by atoms with van der Waals surface area (Å²) in [4.78, 5) is 15.2. The zero-order chi connectivity index (χ0) is 14.2. The molecule has 2 heterocycles. The van der Waals surface area contributed by atoms with Crippen molar-refractivity contribution >= 4 is 38.2 Å². The van der Waals surface area contributed by atoms with Crippen LogP contribution in [0.2, 0.25) is 0 Å². The van der Waals surface area contributed by atoms with E-state index in [1.54, 1.807) is 6.92 Å². The Kier molecular flexibility index (Phi) is 3.81. The summed E-state index contributed by atoms with van der Waals surface area (Å²) in [6.07, 6.45) is -4.61. The minimum atomic E-state index is -4.61. The molecule has 0 aromatic carbocycles. The maximum absolute atomic E-state index is 12.5. The first-order chi connectivity index (χ1) is 8.88. The number of fused-ring (bicyclic) bond motifs is 1. The molecule has 0 aliphatic rings. The minimum Gasteiger partial charge on any atom is -0.462 e. The Morgan fingerprint density at radius 2 is 2.21 bits per heavy atom. The van der Waals surface area contributed by atoms with Gasteiger partial charge in [0.2, 0.25) is 4.96 Å². The van der Waals surface area contributed by atoms with E-state index in [0.29, 0.717) is 5.69 Å². The first-order valence-electron chi connectivity index (χ1n) is 5.07. The molecule has 0 N–H and O–H groups in total.